The van der Waals surface area contributed by atoms with E-state index in [2.05, 4.69) is 20.8 Å². The molecule has 0 aliphatic carbocycles. The molecule has 3 nitrogen and oxygen atoms in total. The molecule has 0 fully saturated rings. The molecule has 0 N–H and O–H groups in total. The topological polar surface area (TPSA) is 30.8 Å². The van der Waals surface area contributed by atoms with Gasteiger partial charge in [0.1, 0.15) is 29.0 Å². The zero-order chi connectivity index (χ0) is 19.3. The summed E-state index contributed by atoms with van der Waals surface area (Å²) < 4.78 is 24.8. The predicted octanol–water partition coefficient (Wildman–Crippen LogP) is 4.76. The first-order valence-electron chi connectivity index (χ1n) is 8.00. The van der Waals surface area contributed by atoms with E-state index in [1.165, 1.54) is 17.8 Å². The summed E-state index contributed by atoms with van der Waals surface area (Å²) in [6.45, 7) is 8.06. The average molecular weight is 391 g/mol. The highest BCUT2D eigenvalue weighted by Gasteiger charge is 2.11. The Hall–Kier alpha value is -1.84. The quantitative estimate of drug-likeness (QED) is 0.404. The molecule has 0 aliphatic heterocycles. The molecule has 2 aromatic carbocycles. The van der Waals surface area contributed by atoms with Crippen molar-refractivity contribution in [2.45, 2.75) is 13.8 Å². The van der Waals surface area contributed by atoms with Gasteiger partial charge in [0.15, 0.2) is 0 Å². The number of methoxy groups -OCH3 is 1. The van der Waals surface area contributed by atoms with Crippen LogP contribution in [0.25, 0.3) is 5.70 Å². The van der Waals surface area contributed by atoms with Crippen LogP contribution in [-0.4, -0.2) is 25.0 Å². The molecule has 0 saturated heterocycles. The van der Waals surface area contributed by atoms with Gasteiger partial charge in [-0.1, -0.05) is 12.6 Å². The minimum absolute atomic E-state index is 0.249. The summed E-state index contributed by atoms with van der Waals surface area (Å²) in [5.74, 6) is 1.11. The Labute approximate surface area is 160 Å². The molecule has 26 heavy (non-hydrogen) atoms. The van der Waals surface area contributed by atoms with Gasteiger partial charge in [0.25, 0.3) is 0 Å². The fourth-order valence-electron chi connectivity index (χ4n) is 2.33. The van der Waals surface area contributed by atoms with Crippen LogP contribution in [0.1, 0.15) is 16.7 Å². The molecule has 1 atom stereocenters. The standard InChI is InChI=1S/C20H23FNO2PS/c1-12-6-7-15(18(10-12)23-4)14(3)22-19(26-5)11-24-17-9-8-16(21)13(2)20(17)25/h6-10H,3,11,25H2,1-2,4-5H3. The molecule has 0 aromatic heterocycles. The lowest BCUT2D eigenvalue weighted by atomic mass is 10.1. The molecule has 0 spiro atoms. The van der Waals surface area contributed by atoms with E-state index in [0.717, 1.165) is 21.9 Å². The lowest BCUT2D eigenvalue weighted by Crippen LogP contribution is -2.13. The fraction of sp³-hybridized carbons (Fsp3) is 0.250. The highest BCUT2D eigenvalue weighted by Crippen LogP contribution is 2.27. The van der Waals surface area contributed by atoms with Crippen molar-refractivity contribution in [3.8, 4) is 11.5 Å². The van der Waals surface area contributed by atoms with Gasteiger partial charge >= 0.3 is 0 Å². The van der Waals surface area contributed by atoms with Crippen LogP contribution in [0.2, 0.25) is 0 Å². The van der Waals surface area contributed by atoms with Gasteiger partial charge in [0.2, 0.25) is 0 Å². The SMILES string of the molecule is C=C(N=C(COc1ccc(F)c(C)c1P)SC)c1ccc(C)cc1OC. The third-order valence-electron chi connectivity index (χ3n) is 3.92. The van der Waals surface area contributed by atoms with Crippen LogP contribution in [0.15, 0.2) is 41.9 Å². The van der Waals surface area contributed by atoms with E-state index in [9.17, 15) is 4.39 Å². The Morgan fingerprint density at radius 2 is 1.96 bits per heavy atom. The largest absolute Gasteiger partial charge is 0.496 e. The summed E-state index contributed by atoms with van der Waals surface area (Å²) in [7, 11) is 4.15. The molecule has 0 amide bonds. The molecule has 2 aromatic rings. The molecule has 0 bridgehead atoms. The van der Waals surface area contributed by atoms with Gasteiger partial charge in [-0.05, 0) is 55.5 Å². The van der Waals surface area contributed by atoms with Crippen molar-refractivity contribution in [1.82, 2.24) is 0 Å². The highest BCUT2D eigenvalue weighted by atomic mass is 32.2. The van der Waals surface area contributed by atoms with E-state index in [1.807, 2.05) is 31.4 Å². The first-order valence-corrected chi connectivity index (χ1v) is 9.80. The fourth-order valence-corrected chi connectivity index (χ4v) is 3.02. The number of aliphatic imine (C=N–C) groups is 1. The lowest BCUT2D eigenvalue weighted by Gasteiger charge is -2.13. The zero-order valence-corrected chi connectivity index (χ0v) is 17.4. The van der Waals surface area contributed by atoms with Gasteiger partial charge in [0.05, 0.1) is 12.8 Å². The van der Waals surface area contributed by atoms with Crippen molar-refractivity contribution >= 4 is 37.0 Å². The Morgan fingerprint density at radius 1 is 1.23 bits per heavy atom. The number of rotatable bonds is 6. The van der Waals surface area contributed by atoms with Crippen molar-refractivity contribution < 1.29 is 13.9 Å². The summed E-state index contributed by atoms with van der Waals surface area (Å²) in [4.78, 5) is 4.59. The van der Waals surface area contributed by atoms with Crippen LogP contribution >= 0.6 is 21.0 Å². The van der Waals surface area contributed by atoms with Crippen molar-refractivity contribution in [2.75, 3.05) is 20.0 Å². The van der Waals surface area contributed by atoms with E-state index in [0.29, 0.717) is 22.3 Å². The maximum atomic E-state index is 13.6. The zero-order valence-electron chi connectivity index (χ0n) is 15.4. The molecule has 0 heterocycles. The molecule has 0 saturated carbocycles. The van der Waals surface area contributed by atoms with Crippen LogP contribution in [0.5, 0.6) is 11.5 Å². The second kappa shape index (κ2) is 9.20. The second-order valence-electron chi connectivity index (χ2n) is 5.73. The maximum absolute atomic E-state index is 13.6. The number of nitrogens with zero attached hydrogens (tertiary/aromatic N) is 1. The number of hydrogen-bond acceptors (Lipinski definition) is 4. The van der Waals surface area contributed by atoms with E-state index >= 15 is 0 Å². The van der Waals surface area contributed by atoms with Crippen molar-refractivity contribution in [3.05, 3.63) is 59.4 Å². The second-order valence-corrected chi connectivity index (χ2v) is 7.19. The summed E-state index contributed by atoms with van der Waals surface area (Å²) in [6.07, 6.45) is 1.93. The molecular weight excluding hydrogens is 368 g/mol. The minimum Gasteiger partial charge on any atom is -0.496 e. The van der Waals surface area contributed by atoms with Crippen LogP contribution in [-0.2, 0) is 0 Å². The van der Waals surface area contributed by atoms with Crippen LogP contribution < -0.4 is 14.8 Å². The molecule has 2 rings (SSSR count). The molecule has 1 unspecified atom stereocenters. The Kier molecular flexibility index (Phi) is 7.24. The van der Waals surface area contributed by atoms with Crippen molar-refractivity contribution in [3.63, 3.8) is 0 Å². The number of aryl methyl sites for hydroxylation is 1. The number of halogens is 1. The minimum atomic E-state index is -0.249. The van der Waals surface area contributed by atoms with Gasteiger partial charge in [0, 0.05) is 10.9 Å². The third kappa shape index (κ3) is 4.87. The lowest BCUT2D eigenvalue weighted by molar-refractivity contribution is 0.381. The first kappa shape index (κ1) is 20.5. The Morgan fingerprint density at radius 3 is 2.62 bits per heavy atom. The van der Waals surface area contributed by atoms with Crippen LogP contribution in [0.4, 0.5) is 4.39 Å². The van der Waals surface area contributed by atoms with E-state index in [4.69, 9.17) is 9.47 Å². The van der Waals surface area contributed by atoms with Gasteiger partial charge in [-0.3, -0.25) is 0 Å². The van der Waals surface area contributed by atoms with Gasteiger partial charge in [-0.25, -0.2) is 9.38 Å². The summed E-state index contributed by atoms with van der Waals surface area (Å²) in [5, 5.41) is 1.48. The smallest absolute Gasteiger partial charge is 0.136 e. The summed E-state index contributed by atoms with van der Waals surface area (Å²) >= 11 is 1.48. The number of hydrogen-bond donors (Lipinski definition) is 0. The monoisotopic (exact) mass is 391 g/mol. The van der Waals surface area contributed by atoms with Crippen molar-refractivity contribution in [2.24, 2.45) is 4.99 Å². The highest BCUT2D eigenvalue weighted by molar-refractivity contribution is 8.13. The average Bonchev–Trinajstić information content (AvgIpc) is 2.64. The normalized spacial score (nSPS) is 11.4. The summed E-state index contributed by atoms with van der Waals surface area (Å²) in [5.41, 5.74) is 3.12. The molecular formula is C20H23FNO2PS. The van der Waals surface area contributed by atoms with Gasteiger partial charge in [-0.2, -0.15) is 0 Å². The number of benzene rings is 2. The van der Waals surface area contributed by atoms with E-state index in [-0.39, 0.29) is 12.4 Å². The number of ether oxygens (including phenoxy) is 2. The van der Waals surface area contributed by atoms with Crippen LogP contribution in [0.3, 0.4) is 0 Å². The maximum Gasteiger partial charge on any atom is 0.136 e. The Balaban J connectivity index is 2.18. The summed E-state index contributed by atoms with van der Waals surface area (Å²) in [6, 6.07) is 8.93. The van der Waals surface area contributed by atoms with E-state index < -0.39 is 0 Å². The van der Waals surface area contributed by atoms with Crippen molar-refractivity contribution in [1.29, 1.82) is 0 Å². The van der Waals surface area contributed by atoms with Gasteiger partial charge < -0.3 is 9.47 Å². The molecule has 0 radical (unpaired) electrons. The first-order chi connectivity index (χ1) is 12.4. The van der Waals surface area contributed by atoms with Gasteiger partial charge in [-0.15, -0.1) is 21.0 Å². The molecule has 0 aliphatic rings. The van der Waals surface area contributed by atoms with Crippen LogP contribution in [0, 0.1) is 19.7 Å². The molecule has 138 valence electrons. The van der Waals surface area contributed by atoms with E-state index in [1.54, 1.807) is 20.1 Å². The molecule has 6 heteroatoms. The number of thioether (sulfide) groups is 1. The third-order valence-corrected chi connectivity index (χ3v) is 5.32. The predicted molar refractivity (Wildman–Crippen MR) is 114 cm³/mol. The Bertz CT molecular complexity index is 852.